The molecule has 1 aliphatic rings. The first-order chi connectivity index (χ1) is 10.1. The number of benzene rings is 2. The minimum absolute atomic E-state index is 0.118. The van der Waals surface area contributed by atoms with Crippen molar-refractivity contribution >= 4 is 21.7 Å². The molecular formula is C15H14N2O3S. The molecule has 0 aliphatic carbocycles. The number of amides is 2. The molecule has 21 heavy (non-hydrogen) atoms. The van der Waals surface area contributed by atoms with Gasteiger partial charge >= 0.3 is 6.03 Å². The second-order valence-corrected chi connectivity index (χ2v) is 6.57. The van der Waals surface area contributed by atoms with Gasteiger partial charge in [-0.3, -0.25) is 0 Å². The molecule has 1 heterocycles. The molecule has 3 rings (SSSR count). The highest BCUT2D eigenvalue weighted by Gasteiger charge is 2.35. The summed E-state index contributed by atoms with van der Waals surface area (Å²) in [6.07, 6.45) is 0.482. The number of hydrogen-bond acceptors (Lipinski definition) is 3. The lowest BCUT2D eigenvalue weighted by Gasteiger charge is -2.28. The number of nitrogens with one attached hydrogen (secondary N) is 1. The number of fused-ring (bicyclic) bond motifs is 1. The SMILES string of the molecule is O=C1Nc2ccccc2S(=O)(=O)N1CCc1ccccc1. The third kappa shape index (κ3) is 2.50. The molecule has 0 bridgehead atoms. The monoisotopic (exact) mass is 302 g/mol. The molecule has 0 radical (unpaired) electrons. The third-order valence-electron chi connectivity index (χ3n) is 3.37. The molecule has 1 N–H and O–H groups in total. The molecule has 0 atom stereocenters. The predicted octanol–water partition coefficient (Wildman–Crippen LogP) is 2.47. The van der Waals surface area contributed by atoms with Crippen molar-refractivity contribution in [2.24, 2.45) is 0 Å². The Balaban J connectivity index is 1.88. The van der Waals surface area contributed by atoms with Crippen molar-refractivity contribution in [1.29, 1.82) is 0 Å². The minimum atomic E-state index is -3.78. The maximum atomic E-state index is 12.5. The van der Waals surface area contributed by atoms with E-state index in [1.54, 1.807) is 18.2 Å². The van der Waals surface area contributed by atoms with Crippen LogP contribution in [-0.2, 0) is 16.4 Å². The second-order valence-electron chi connectivity index (χ2n) is 4.74. The van der Waals surface area contributed by atoms with Gasteiger partial charge in [-0.1, -0.05) is 42.5 Å². The van der Waals surface area contributed by atoms with Crippen molar-refractivity contribution < 1.29 is 13.2 Å². The number of rotatable bonds is 3. The quantitative estimate of drug-likeness (QED) is 0.947. The Morgan fingerprint density at radius 1 is 0.952 bits per heavy atom. The van der Waals surface area contributed by atoms with Crippen LogP contribution in [-0.4, -0.2) is 25.3 Å². The summed E-state index contributed by atoms with van der Waals surface area (Å²) in [5, 5.41) is 2.61. The molecule has 2 amide bonds. The van der Waals surface area contributed by atoms with Gasteiger partial charge in [-0.05, 0) is 24.1 Å². The number of carbonyl (C=O) groups excluding carboxylic acids is 1. The van der Waals surface area contributed by atoms with E-state index in [0.717, 1.165) is 9.87 Å². The largest absolute Gasteiger partial charge is 0.335 e. The summed E-state index contributed by atoms with van der Waals surface area (Å²) in [6.45, 7) is 0.118. The minimum Gasteiger partial charge on any atom is -0.306 e. The van der Waals surface area contributed by atoms with Crippen molar-refractivity contribution in [3.63, 3.8) is 0 Å². The van der Waals surface area contributed by atoms with E-state index in [4.69, 9.17) is 0 Å². The van der Waals surface area contributed by atoms with Crippen LogP contribution in [0.1, 0.15) is 5.56 Å². The fourth-order valence-corrected chi connectivity index (χ4v) is 3.78. The maximum absolute atomic E-state index is 12.5. The Morgan fingerprint density at radius 3 is 2.38 bits per heavy atom. The van der Waals surface area contributed by atoms with E-state index in [0.29, 0.717) is 12.1 Å². The van der Waals surface area contributed by atoms with Crippen LogP contribution in [0, 0.1) is 0 Å². The van der Waals surface area contributed by atoms with E-state index >= 15 is 0 Å². The number of urea groups is 1. The van der Waals surface area contributed by atoms with E-state index in [2.05, 4.69) is 5.32 Å². The highest BCUT2D eigenvalue weighted by molar-refractivity contribution is 7.90. The number of carbonyl (C=O) groups is 1. The van der Waals surface area contributed by atoms with Gasteiger partial charge in [0.1, 0.15) is 4.90 Å². The summed E-state index contributed by atoms with van der Waals surface area (Å²) in [4.78, 5) is 12.2. The average molecular weight is 302 g/mol. The van der Waals surface area contributed by atoms with Crippen molar-refractivity contribution in [3.05, 3.63) is 60.2 Å². The molecule has 6 heteroatoms. The van der Waals surface area contributed by atoms with Gasteiger partial charge in [-0.15, -0.1) is 0 Å². The number of sulfonamides is 1. The summed E-state index contributed by atoms with van der Waals surface area (Å²) in [5.74, 6) is 0. The van der Waals surface area contributed by atoms with Gasteiger partial charge in [0.2, 0.25) is 0 Å². The van der Waals surface area contributed by atoms with Gasteiger partial charge in [0.15, 0.2) is 0 Å². The Labute approximate surface area is 123 Å². The van der Waals surface area contributed by atoms with Crippen LogP contribution in [0.4, 0.5) is 10.5 Å². The van der Waals surface area contributed by atoms with E-state index in [1.807, 2.05) is 30.3 Å². The number of nitrogens with zero attached hydrogens (tertiary/aromatic N) is 1. The van der Waals surface area contributed by atoms with Crippen LogP contribution in [0.25, 0.3) is 0 Å². The van der Waals surface area contributed by atoms with Crippen molar-refractivity contribution in [1.82, 2.24) is 4.31 Å². The van der Waals surface area contributed by atoms with Crippen LogP contribution in [0.5, 0.6) is 0 Å². The first kappa shape index (κ1) is 13.6. The molecule has 0 aromatic heterocycles. The summed E-state index contributed by atoms with van der Waals surface area (Å²) in [7, 11) is -3.78. The van der Waals surface area contributed by atoms with Crippen LogP contribution in [0.3, 0.4) is 0 Å². The van der Waals surface area contributed by atoms with E-state index < -0.39 is 16.1 Å². The molecule has 0 saturated carbocycles. The Kier molecular flexibility index (Phi) is 3.39. The fourth-order valence-electron chi connectivity index (χ4n) is 2.30. The highest BCUT2D eigenvalue weighted by Crippen LogP contribution is 2.29. The summed E-state index contributed by atoms with van der Waals surface area (Å²) >= 11 is 0. The topological polar surface area (TPSA) is 66.5 Å². The van der Waals surface area contributed by atoms with Gasteiger partial charge in [-0.25, -0.2) is 17.5 Å². The van der Waals surface area contributed by atoms with E-state index in [9.17, 15) is 13.2 Å². The van der Waals surface area contributed by atoms with Gasteiger partial charge < -0.3 is 5.32 Å². The third-order valence-corrected chi connectivity index (χ3v) is 5.21. The highest BCUT2D eigenvalue weighted by atomic mass is 32.2. The summed E-state index contributed by atoms with van der Waals surface area (Å²) in [6, 6.07) is 15.3. The predicted molar refractivity (Wildman–Crippen MR) is 79.5 cm³/mol. The zero-order valence-corrected chi connectivity index (χ0v) is 12.0. The molecule has 5 nitrogen and oxygen atoms in total. The van der Waals surface area contributed by atoms with Crippen LogP contribution < -0.4 is 5.32 Å². The number of hydrogen-bond donors (Lipinski definition) is 1. The molecule has 2 aromatic carbocycles. The normalized spacial score (nSPS) is 16.2. The fraction of sp³-hybridized carbons (Fsp3) is 0.133. The lowest BCUT2D eigenvalue weighted by molar-refractivity contribution is 0.235. The molecule has 2 aromatic rings. The summed E-state index contributed by atoms with van der Waals surface area (Å²) < 4.78 is 25.9. The molecule has 0 spiro atoms. The number of anilines is 1. The van der Waals surface area contributed by atoms with Crippen LogP contribution in [0.2, 0.25) is 0 Å². The second kappa shape index (κ2) is 5.21. The summed E-state index contributed by atoms with van der Waals surface area (Å²) in [5.41, 5.74) is 1.32. The van der Waals surface area contributed by atoms with Gasteiger partial charge in [0, 0.05) is 6.54 Å². The first-order valence-corrected chi connectivity index (χ1v) is 8.00. The zero-order valence-electron chi connectivity index (χ0n) is 11.2. The molecular weight excluding hydrogens is 288 g/mol. The Bertz CT molecular complexity index is 773. The number of para-hydroxylation sites is 1. The van der Waals surface area contributed by atoms with Crippen molar-refractivity contribution in [2.75, 3.05) is 11.9 Å². The molecule has 0 fully saturated rings. The van der Waals surface area contributed by atoms with E-state index in [-0.39, 0.29) is 11.4 Å². The van der Waals surface area contributed by atoms with Crippen molar-refractivity contribution in [2.45, 2.75) is 11.3 Å². The van der Waals surface area contributed by atoms with Gasteiger partial charge in [-0.2, -0.15) is 0 Å². The molecule has 1 aliphatic heterocycles. The lowest BCUT2D eigenvalue weighted by Crippen LogP contribution is -2.44. The van der Waals surface area contributed by atoms with Crippen molar-refractivity contribution in [3.8, 4) is 0 Å². The smallest absolute Gasteiger partial charge is 0.306 e. The maximum Gasteiger partial charge on any atom is 0.335 e. The molecule has 0 unspecified atom stereocenters. The van der Waals surface area contributed by atoms with Gasteiger partial charge in [0.05, 0.1) is 5.69 Å². The standard InChI is InChI=1S/C15H14N2O3S/c18-15-16-13-8-4-5-9-14(13)21(19,20)17(15)11-10-12-6-2-1-3-7-12/h1-9H,10-11H2,(H,16,18). The average Bonchev–Trinajstić information content (AvgIpc) is 2.48. The lowest BCUT2D eigenvalue weighted by atomic mass is 10.1. The molecule has 0 saturated heterocycles. The first-order valence-electron chi connectivity index (χ1n) is 6.56. The molecule has 108 valence electrons. The Morgan fingerprint density at radius 2 is 1.62 bits per heavy atom. The van der Waals surface area contributed by atoms with Crippen LogP contribution >= 0.6 is 0 Å². The Hall–Kier alpha value is -2.34. The van der Waals surface area contributed by atoms with Gasteiger partial charge in [0.25, 0.3) is 10.0 Å². The van der Waals surface area contributed by atoms with E-state index in [1.165, 1.54) is 6.07 Å². The van der Waals surface area contributed by atoms with Crippen LogP contribution in [0.15, 0.2) is 59.5 Å². The zero-order chi connectivity index (χ0) is 14.9.